The quantitative estimate of drug-likeness (QED) is 0.812. The van der Waals surface area contributed by atoms with Crippen molar-refractivity contribution in [2.24, 2.45) is 0 Å². The van der Waals surface area contributed by atoms with E-state index in [1.54, 1.807) is 30.1 Å². The van der Waals surface area contributed by atoms with Gasteiger partial charge in [0.2, 0.25) is 15.9 Å². The van der Waals surface area contributed by atoms with Crippen molar-refractivity contribution in [1.29, 1.82) is 0 Å². The lowest BCUT2D eigenvalue weighted by atomic mass is 10.1. The molecule has 2 heterocycles. The van der Waals surface area contributed by atoms with E-state index in [4.69, 9.17) is 4.74 Å². The largest absolute Gasteiger partial charge is 0.368 e. The molecule has 0 spiro atoms. The van der Waals surface area contributed by atoms with E-state index in [-0.39, 0.29) is 36.0 Å². The van der Waals surface area contributed by atoms with Crippen LogP contribution in [0.4, 0.5) is 5.69 Å². The van der Waals surface area contributed by atoms with Crippen LogP contribution in [-0.2, 0) is 26.0 Å². The third kappa shape index (κ3) is 3.26. The number of amides is 1. The van der Waals surface area contributed by atoms with E-state index in [9.17, 15) is 13.2 Å². The van der Waals surface area contributed by atoms with Crippen LogP contribution in [0.1, 0.15) is 24.2 Å². The zero-order valence-electron chi connectivity index (χ0n) is 15.3. The van der Waals surface area contributed by atoms with E-state index in [0.717, 1.165) is 16.8 Å². The summed E-state index contributed by atoms with van der Waals surface area (Å²) in [6.07, 6.45) is -0.269. The second-order valence-corrected chi connectivity index (χ2v) is 9.03. The average Bonchev–Trinajstić information content (AvgIpc) is 2.95. The summed E-state index contributed by atoms with van der Waals surface area (Å²) in [5, 5.41) is 0. The maximum Gasteiger partial charge on any atom is 0.243 e. The Morgan fingerprint density at radius 2 is 1.81 bits per heavy atom. The molecule has 2 unspecified atom stereocenters. The minimum absolute atomic E-state index is 0.0244. The molecule has 4 rings (SSSR count). The van der Waals surface area contributed by atoms with Crippen molar-refractivity contribution in [2.45, 2.75) is 30.4 Å². The number of hydrogen-bond donors (Lipinski definition) is 0. The number of ether oxygens (including phenoxy) is 1. The molecule has 2 atom stereocenters. The molecule has 7 heteroatoms. The van der Waals surface area contributed by atoms with E-state index in [1.807, 2.05) is 37.3 Å². The molecule has 0 aliphatic carbocycles. The second-order valence-electron chi connectivity index (χ2n) is 7.09. The minimum atomic E-state index is -3.67. The van der Waals surface area contributed by atoms with Crippen LogP contribution in [0.5, 0.6) is 0 Å². The first-order valence-corrected chi connectivity index (χ1v) is 10.4. The van der Waals surface area contributed by atoms with E-state index < -0.39 is 10.0 Å². The monoisotopic (exact) mass is 386 g/mol. The predicted octanol–water partition coefficient (Wildman–Crippen LogP) is 2.36. The van der Waals surface area contributed by atoms with Crippen LogP contribution >= 0.6 is 0 Å². The third-order valence-electron chi connectivity index (χ3n) is 5.16. The van der Waals surface area contributed by atoms with Gasteiger partial charge in [0.05, 0.1) is 23.5 Å². The highest BCUT2D eigenvalue weighted by atomic mass is 32.2. The lowest BCUT2D eigenvalue weighted by Crippen LogP contribution is -2.45. The lowest BCUT2D eigenvalue weighted by Gasteiger charge is -2.36. The van der Waals surface area contributed by atoms with Crippen molar-refractivity contribution >= 4 is 21.6 Å². The van der Waals surface area contributed by atoms with Crippen LogP contribution in [0.3, 0.4) is 0 Å². The number of likely N-dealkylation sites (N-methyl/N-ethyl adjacent to an activating group) is 1. The summed E-state index contributed by atoms with van der Waals surface area (Å²) in [5.41, 5.74) is 2.49. The van der Waals surface area contributed by atoms with Gasteiger partial charge in [-0.1, -0.05) is 30.3 Å². The number of sulfonamides is 1. The highest BCUT2D eigenvalue weighted by Crippen LogP contribution is 2.33. The highest BCUT2D eigenvalue weighted by molar-refractivity contribution is 7.89. The Bertz CT molecular complexity index is 975. The number of morpholine rings is 1. The fraction of sp³-hybridized carbons (Fsp3) is 0.350. The number of hydrogen-bond acceptors (Lipinski definition) is 4. The molecule has 0 radical (unpaired) electrons. The number of fused-ring (bicyclic) bond motifs is 1. The smallest absolute Gasteiger partial charge is 0.243 e. The third-order valence-corrected chi connectivity index (χ3v) is 6.99. The Balaban J connectivity index is 1.64. The molecule has 1 fully saturated rings. The van der Waals surface area contributed by atoms with Crippen LogP contribution in [0.25, 0.3) is 0 Å². The van der Waals surface area contributed by atoms with E-state index in [2.05, 4.69) is 0 Å². The van der Waals surface area contributed by atoms with Crippen LogP contribution in [0, 0.1) is 0 Å². The first-order valence-electron chi connectivity index (χ1n) is 8.96. The fourth-order valence-electron chi connectivity index (χ4n) is 3.72. The van der Waals surface area contributed by atoms with E-state index >= 15 is 0 Å². The van der Waals surface area contributed by atoms with Crippen molar-refractivity contribution in [2.75, 3.05) is 25.0 Å². The molecule has 0 bridgehead atoms. The van der Waals surface area contributed by atoms with Gasteiger partial charge in [-0.05, 0) is 36.2 Å². The van der Waals surface area contributed by atoms with Crippen molar-refractivity contribution in [1.82, 2.24) is 4.31 Å². The Morgan fingerprint density at radius 3 is 2.56 bits per heavy atom. The SMILES string of the molecule is CC1CN(S(=O)(=O)c2ccc3c(c2)CC(=O)N3C)CC(c2ccccc2)O1. The van der Waals surface area contributed by atoms with Gasteiger partial charge < -0.3 is 9.64 Å². The first kappa shape index (κ1) is 18.2. The molecule has 0 saturated carbocycles. The van der Waals surface area contributed by atoms with E-state index in [0.29, 0.717) is 6.54 Å². The summed E-state index contributed by atoms with van der Waals surface area (Å²) in [7, 11) is -1.96. The molecular formula is C20H22N2O4S. The maximum atomic E-state index is 13.2. The van der Waals surface area contributed by atoms with Crippen molar-refractivity contribution in [3.05, 3.63) is 59.7 Å². The Labute approximate surface area is 159 Å². The summed E-state index contributed by atoms with van der Waals surface area (Å²) in [5.74, 6) is -0.0244. The Morgan fingerprint density at radius 1 is 1.07 bits per heavy atom. The van der Waals surface area contributed by atoms with Crippen LogP contribution in [0.2, 0.25) is 0 Å². The average molecular weight is 386 g/mol. The number of rotatable bonds is 3. The summed E-state index contributed by atoms with van der Waals surface area (Å²) in [6.45, 7) is 2.46. The zero-order chi connectivity index (χ0) is 19.2. The molecule has 2 aromatic rings. The summed E-state index contributed by atoms with van der Waals surface area (Å²) >= 11 is 0. The maximum absolute atomic E-state index is 13.2. The molecular weight excluding hydrogens is 364 g/mol. The van der Waals surface area contributed by atoms with Gasteiger partial charge in [-0.2, -0.15) is 4.31 Å². The number of benzene rings is 2. The van der Waals surface area contributed by atoms with Crippen molar-refractivity contribution < 1.29 is 17.9 Å². The van der Waals surface area contributed by atoms with Gasteiger partial charge >= 0.3 is 0 Å². The molecule has 1 amide bonds. The number of nitrogens with zero attached hydrogens (tertiary/aromatic N) is 2. The predicted molar refractivity (Wildman–Crippen MR) is 102 cm³/mol. The van der Waals surface area contributed by atoms with Gasteiger partial charge in [0.15, 0.2) is 0 Å². The highest BCUT2D eigenvalue weighted by Gasteiger charge is 2.35. The fourth-order valence-corrected chi connectivity index (χ4v) is 5.28. The van der Waals surface area contributed by atoms with Gasteiger partial charge in [-0.3, -0.25) is 4.79 Å². The number of carbonyl (C=O) groups is 1. The molecule has 0 N–H and O–H groups in total. The topological polar surface area (TPSA) is 66.9 Å². The van der Waals surface area contributed by atoms with Crippen molar-refractivity contribution in [3.63, 3.8) is 0 Å². The van der Waals surface area contributed by atoms with Gasteiger partial charge in [-0.25, -0.2) is 8.42 Å². The second kappa shape index (κ2) is 6.74. The number of carbonyl (C=O) groups excluding carboxylic acids is 1. The molecule has 27 heavy (non-hydrogen) atoms. The van der Waals surface area contributed by atoms with Gasteiger partial charge in [0.1, 0.15) is 0 Å². The summed E-state index contributed by atoms with van der Waals surface area (Å²) in [4.78, 5) is 13.7. The van der Waals surface area contributed by atoms with Crippen LogP contribution < -0.4 is 4.90 Å². The summed E-state index contributed by atoms with van der Waals surface area (Å²) in [6, 6.07) is 14.6. The Hall–Kier alpha value is -2.22. The van der Waals surface area contributed by atoms with Gasteiger partial charge in [0.25, 0.3) is 0 Å². The molecule has 6 nitrogen and oxygen atoms in total. The van der Waals surface area contributed by atoms with Gasteiger partial charge in [-0.15, -0.1) is 0 Å². The molecule has 2 aliphatic rings. The Kier molecular flexibility index (Phi) is 4.53. The first-order chi connectivity index (χ1) is 12.9. The molecule has 142 valence electrons. The molecule has 2 aromatic carbocycles. The minimum Gasteiger partial charge on any atom is -0.368 e. The molecule has 2 aliphatic heterocycles. The lowest BCUT2D eigenvalue weighted by molar-refractivity contribution is -0.117. The van der Waals surface area contributed by atoms with E-state index in [1.165, 1.54) is 4.31 Å². The molecule has 0 aromatic heterocycles. The zero-order valence-corrected chi connectivity index (χ0v) is 16.1. The van der Waals surface area contributed by atoms with Gasteiger partial charge in [0, 0.05) is 25.8 Å². The normalized spacial score (nSPS) is 23.5. The van der Waals surface area contributed by atoms with Crippen LogP contribution in [0.15, 0.2) is 53.4 Å². The standard InChI is InChI=1S/C20H22N2O4S/c1-14-12-22(13-19(26-14)15-6-4-3-5-7-15)27(24,25)17-8-9-18-16(10-17)11-20(23)21(18)2/h3-10,14,19H,11-13H2,1-2H3. The van der Waals surface area contributed by atoms with Crippen molar-refractivity contribution in [3.8, 4) is 0 Å². The number of anilines is 1. The summed E-state index contributed by atoms with van der Waals surface area (Å²) < 4.78 is 34.0. The van der Waals surface area contributed by atoms with Crippen LogP contribution in [-0.4, -0.2) is 44.9 Å². The molecule has 1 saturated heterocycles.